The van der Waals surface area contributed by atoms with Gasteiger partial charge in [-0.15, -0.1) is 0 Å². The number of benzene rings is 5. The zero-order chi connectivity index (χ0) is 64.5. The number of ether oxygens (including phenoxy) is 1. The molecule has 0 radical (unpaired) electrons. The smallest absolute Gasteiger partial charge is 0.266 e. The molecule has 3 N–H and O–H groups in total. The number of aromatic hydroxyl groups is 3. The molecule has 0 amide bonds. The summed E-state index contributed by atoms with van der Waals surface area (Å²) in [6.07, 6.45) is 23.7. The highest BCUT2D eigenvalue weighted by atomic mass is 35.5. The molecule has 7 heterocycles. The van der Waals surface area contributed by atoms with Crippen molar-refractivity contribution >= 4 is 80.8 Å². The Kier molecular flexibility index (Phi) is 19.3. The molecule has 5 aromatic carbocycles. The summed E-state index contributed by atoms with van der Waals surface area (Å²) in [6, 6.07) is 34.9. The van der Waals surface area contributed by atoms with Crippen LogP contribution in [-0.2, 0) is 19.3 Å². The van der Waals surface area contributed by atoms with Crippen LogP contribution in [0.1, 0.15) is 94.0 Å². The molecule has 12 aromatic rings. The van der Waals surface area contributed by atoms with Crippen LogP contribution >= 0.6 is 11.6 Å². The lowest BCUT2D eigenvalue weighted by Gasteiger charge is -2.16. The molecular weight excluding hydrogens is 1160 g/mol. The lowest BCUT2D eigenvalue weighted by Crippen LogP contribution is -2.24. The van der Waals surface area contributed by atoms with Crippen molar-refractivity contribution in [2.75, 3.05) is 7.11 Å². The van der Waals surface area contributed by atoms with Gasteiger partial charge in [0.1, 0.15) is 40.5 Å². The summed E-state index contributed by atoms with van der Waals surface area (Å²) in [4.78, 5) is 70.8. The fourth-order valence-corrected chi connectivity index (χ4v) is 11.1. The summed E-state index contributed by atoms with van der Waals surface area (Å²) < 4.78 is 10.2. The topological polar surface area (TPSA) is 226 Å². The number of hydrogen-bond acceptors (Lipinski definition) is 14. The van der Waals surface area contributed by atoms with Gasteiger partial charge in [0.25, 0.3) is 16.7 Å². The van der Waals surface area contributed by atoms with Crippen LogP contribution in [0.25, 0.3) is 86.2 Å². The molecule has 18 heteroatoms. The Balaban J connectivity index is 0.000000150. The quantitative estimate of drug-likeness (QED) is 0.0976. The Labute approximate surface area is 529 Å². The molecule has 0 unspecified atom stereocenters. The third-order valence-corrected chi connectivity index (χ3v) is 15.9. The highest BCUT2D eigenvalue weighted by Gasteiger charge is 2.20. The zero-order valence-corrected chi connectivity index (χ0v) is 52.2. The lowest BCUT2D eigenvalue weighted by atomic mass is 10.1. The number of rotatable bonds is 13. The Bertz CT molecular complexity index is 4780. The van der Waals surface area contributed by atoms with Crippen molar-refractivity contribution in [2.24, 2.45) is 0 Å². The Morgan fingerprint density at radius 1 is 0.462 bits per heavy atom. The lowest BCUT2D eigenvalue weighted by molar-refractivity contribution is 0.411. The van der Waals surface area contributed by atoms with E-state index < -0.39 is 0 Å². The van der Waals surface area contributed by atoms with Gasteiger partial charge in [0, 0.05) is 47.0 Å². The monoisotopic (exact) mass is 1230 g/mol. The van der Waals surface area contributed by atoms with Crippen molar-refractivity contribution in [1.29, 1.82) is 0 Å². The van der Waals surface area contributed by atoms with Crippen LogP contribution in [0.15, 0.2) is 173 Å². The number of aromatic nitrogens is 10. The van der Waals surface area contributed by atoms with Crippen molar-refractivity contribution < 1.29 is 20.1 Å². The molecule has 7 aromatic heterocycles. The van der Waals surface area contributed by atoms with E-state index in [1.807, 2.05) is 133 Å². The van der Waals surface area contributed by atoms with E-state index in [-0.39, 0.29) is 33.9 Å². The van der Waals surface area contributed by atoms with E-state index in [9.17, 15) is 29.7 Å². The molecule has 0 fully saturated rings. The minimum Gasteiger partial charge on any atom is -0.507 e. The fourth-order valence-electron chi connectivity index (χ4n) is 10.8. The SMILES string of the molecule is CCc1cccc(/C=C/c2nc3cnccc3c(=O)n2-c2c(C)cccc2Cl)c1O.CCc1cccc(/C=C/c2nc3cnccc3c(=O)n2-c2cccc(OC)c2C)c1O.CCc1nccc(/C=C/c2nc3cnccc3c(=O)n2-c2c(C)cccc2C)c1O. The number of methoxy groups -OCH3 is 1. The number of para-hydroxylation sites is 4. The summed E-state index contributed by atoms with van der Waals surface area (Å²) in [7, 11) is 1.60. The predicted octanol–water partition coefficient (Wildman–Crippen LogP) is 13.9. The van der Waals surface area contributed by atoms with Gasteiger partial charge in [-0.3, -0.25) is 48.0 Å². The Hall–Kier alpha value is -11.2. The van der Waals surface area contributed by atoms with Gasteiger partial charge in [-0.25, -0.2) is 15.0 Å². The largest absolute Gasteiger partial charge is 0.507 e. The summed E-state index contributed by atoms with van der Waals surface area (Å²) in [6.45, 7) is 13.7. The minimum atomic E-state index is -0.232. The van der Waals surface area contributed by atoms with Gasteiger partial charge in [0.05, 0.1) is 86.2 Å². The van der Waals surface area contributed by atoms with Gasteiger partial charge < -0.3 is 20.1 Å². The standard InChI is InChI=1S/C25H23N3O3.C24H20ClN3O2.C24H22N4O2/c1-4-17-7-5-8-18(24(17)29)11-12-23-27-20-15-26-14-13-19(20)25(30)28(23)21-9-6-10-22(31-3)16(21)2;1-3-16-7-5-8-17(23(16)29)10-11-21-27-20-14-26-13-12-18(20)24(30)28(21)22-15(2)6-4-9-19(22)25;1-4-19-23(29)17(10-13-26-19)8-9-21-27-20-14-25-12-11-18(20)24(30)28(21)22-15(2)6-5-7-16(22)3/h5-15,29H,4H2,1-3H3;4-14,29H,3H2,1-2H3;5-14,29H,4H2,1-3H3/b12-11+;11-10+;9-8+. The van der Waals surface area contributed by atoms with E-state index >= 15 is 0 Å². The van der Waals surface area contributed by atoms with E-state index in [4.69, 9.17) is 21.3 Å². The summed E-state index contributed by atoms with van der Waals surface area (Å²) in [5.41, 5.74) is 10.9. The molecule has 12 rings (SSSR count). The van der Waals surface area contributed by atoms with E-state index in [1.54, 1.807) is 126 Å². The van der Waals surface area contributed by atoms with Crippen LogP contribution in [-0.4, -0.2) is 71.0 Å². The Morgan fingerprint density at radius 3 is 1.34 bits per heavy atom. The van der Waals surface area contributed by atoms with Gasteiger partial charge >= 0.3 is 0 Å². The molecule has 0 atom stereocenters. The highest BCUT2D eigenvalue weighted by Crippen LogP contribution is 2.31. The maximum atomic E-state index is 13.5. The maximum Gasteiger partial charge on any atom is 0.266 e. The number of halogens is 1. The number of pyridine rings is 4. The zero-order valence-electron chi connectivity index (χ0n) is 51.4. The molecule has 91 heavy (non-hydrogen) atoms. The number of phenols is 2. The fraction of sp³-hybridized carbons (Fsp3) is 0.151. The molecule has 0 spiro atoms. The van der Waals surface area contributed by atoms with Crippen molar-refractivity contribution in [1.82, 2.24) is 48.6 Å². The first-order valence-electron chi connectivity index (χ1n) is 29.5. The molecule has 0 saturated carbocycles. The second-order valence-corrected chi connectivity index (χ2v) is 21.6. The maximum absolute atomic E-state index is 13.5. The van der Waals surface area contributed by atoms with Crippen molar-refractivity contribution in [3.8, 4) is 40.1 Å². The first-order valence-corrected chi connectivity index (χ1v) is 29.8. The van der Waals surface area contributed by atoms with Crippen molar-refractivity contribution in [2.45, 2.75) is 67.7 Å². The van der Waals surface area contributed by atoms with E-state index in [2.05, 4.69) is 29.9 Å². The average molecular weight is 1230 g/mol. The van der Waals surface area contributed by atoms with Crippen molar-refractivity contribution in [3.05, 3.63) is 268 Å². The van der Waals surface area contributed by atoms with E-state index in [0.29, 0.717) is 101 Å². The van der Waals surface area contributed by atoms with E-state index in [0.717, 1.165) is 51.9 Å². The minimum absolute atomic E-state index is 0.139. The second kappa shape index (κ2) is 27.9. The summed E-state index contributed by atoms with van der Waals surface area (Å²) >= 11 is 6.48. The third-order valence-electron chi connectivity index (χ3n) is 15.5. The highest BCUT2D eigenvalue weighted by molar-refractivity contribution is 6.32. The van der Waals surface area contributed by atoms with Gasteiger partial charge in [-0.2, -0.15) is 0 Å². The molecule has 456 valence electrons. The van der Waals surface area contributed by atoms with Gasteiger partial charge in [-0.1, -0.05) is 105 Å². The van der Waals surface area contributed by atoms with Gasteiger partial charge in [-0.05, 0) is 154 Å². The Morgan fingerprint density at radius 2 is 0.879 bits per heavy atom. The molecule has 0 saturated heterocycles. The van der Waals surface area contributed by atoms with Crippen LogP contribution in [0.5, 0.6) is 23.0 Å². The normalized spacial score (nSPS) is 11.4. The second-order valence-electron chi connectivity index (χ2n) is 21.2. The average Bonchev–Trinajstić information content (AvgIpc) is 1.04. The molecule has 0 aliphatic rings. The molecule has 17 nitrogen and oxygen atoms in total. The van der Waals surface area contributed by atoms with Crippen LogP contribution in [0.4, 0.5) is 0 Å². The molecular formula is C73H65ClN10O7. The van der Waals surface area contributed by atoms with Gasteiger partial charge in [0.2, 0.25) is 0 Å². The van der Waals surface area contributed by atoms with Gasteiger partial charge in [0.15, 0.2) is 0 Å². The first kappa shape index (κ1) is 62.9. The molecule has 0 aliphatic heterocycles. The number of nitrogens with zero attached hydrogens (tertiary/aromatic N) is 10. The number of fused-ring (bicyclic) bond motifs is 3. The number of phenolic OH excluding ortho intramolecular Hbond substituents is 2. The predicted molar refractivity (Wildman–Crippen MR) is 363 cm³/mol. The first-order chi connectivity index (χ1) is 44.1. The van der Waals surface area contributed by atoms with E-state index in [1.165, 1.54) is 4.57 Å². The molecule has 0 aliphatic carbocycles. The number of hydrogen-bond donors (Lipinski definition) is 3. The van der Waals surface area contributed by atoms with Crippen LogP contribution in [0.2, 0.25) is 5.02 Å². The van der Waals surface area contributed by atoms with Crippen LogP contribution in [0, 0.1) is 27.7 Å². The van der Waals surface area contributed by atoms with Crippen LogP contribution < -0.4 is 21.4 Å². The third kappa shape index (κ3) is 13.1. The number of aryl methyl sites for hydroxylation is 6. The summed E-state index contributed by atoms with van der Waals surface area (Å²) in [5, 5.41) is 33.4. The van der Waals surface area contributed by atoms with Crippen molar-refractivity contribution in [3.63, 3.8) is 0 Å². The van der Waals surface area contributed by atoms with Crippen LogP contribution in [0.3, 0.4) is 0 Å². The molecule has 0 bridgehead atoms. The summed E-state index contributed by atoms with van der Waals surface area (Å²) in [5.74, 6) is 2.58.